The van der Waals surface area contributed by atoms with Crippen molar-refractivity contribution < 1.29 is 9.90 Å². The van der Waals surface area contributed by atoms with E-state index in [-0.39, 0.29) is 11.5 Å². The van der Waals surface area contributed by atoms with E-state index in [1.165, 1.54) is 0 Å². The molecule has 0 aliphatic carbocycles. The van der Waals surface area contributed by atoms with E-state index < -0.39 is 5.54 Å². The van der Waals surface area contributed by atoms with Crippen LogP contribution < -0.4 is 10.3 Å². The maximum absolute atomic E-state index is 12.7. The number of thiocarbonyl (C=S) groups is 1. The molecule has 1 aliphatic rings. The van der Waals surface area contributed by atoms with E-state index >= 15 is 0 Å². The molecule has 2 N–H and O–H groups in total. The van der Waals surface area contributed by atoms with E-state index in [1.807, 2.05) is 37.3 Å². The van der Waals surface area contributed by atoms with Crippen molar-refractivity contribution >= 4 is 40.2 Å². The number of aromatic hydroxyl groups is 1. The Labute approximate surface area is 194 Å². The molecular formula is C24H31N5O2S. The number of amidine groups is 1. The number of Topliss-reactive ketones (excluding diaryl/α,β-unsaturated/α-hetero) is 1. The van der Waals surface area contributed by atoms with Crippen LogP contribution in [0.1, 0.15) is 70.2 Å². The summed E-state index contributed by atoms with van der Waals surface area (Å²) in [5.41, 5.74) is 5.91. The number of nitrogens with zero attached hydrogens (tertiary/aromatic N) is 4. The smallest absolute Gasteiger partial charge is 0.157 e. The Morgan fingerprint density at radius 2 is 2.03 bits per heavy atom. The summed E-state index contributed by atoms with van der Waals surface area (Å²) in [6.45, 7) is 15.5. The van der Waals surface area contributed by atoms with Crippen LogP contribution in [0.15, 0.2) is 29.8 Å². The normalized spacial score (nSPS) is 13.3. The summed E-state index contributed by atoms with van der Waals surface area (Å²) in [5, 5.41) is 10.7. The van der Waals surface area contributed by atoms with Gasteiger partial charge in [-0.3, -0.25) is 10.2 Å². The summed E-state index contributed by atoms with van der Waals surface area (Å²) < 4.78 is 1.89. The maximum atomic E-state index is 12.7. The second-order valence-electron chi connectivity index (χ2n) is 8.46. The number of rotatable bonds is 7. The lowest BCUT2D eigenvalue weighted by Gasteiger charge is -2.38. The number of carbonyl (C=O) groups is 1. The molecule has 8 heteroatoms. The second-order valence-corrected chi connectivity index (χ2v) is 9.05. The molecular weight excluding hydrogens is 422 g/mol. The second kappa shape index (κ2) is 8.86. The van der Waals surface area contributed by atoms with Crippen molar-refractivity contribution in [1.29, 1.82) is 0 Å². The Balaban J connectivity index is 2.09. The predicted molar refractivity (Wildman–Crippen MR) is 134 cm³/mol. The van der Waals surface area contributed by atoms with Crippen molar-refractivity contribution in [2.24, 2.45) is 4.99 Å². The molecule has 7 nitrogen and oxygen atoms in total. The highest BCUT2D eigenvalue weighted by Gasteiger charge is 2.35. The summed E-state index contributed by atoms with van der Waals surface area (Å²) in [6, 6.07) is 5.15. The number of hydrogen-bond donors (Lipinski definition) is 2. The zero-order valence-corrected chi connectivity index (χ0v) is 20.4. The molecule has 0 saturated carbocycles. The lowest BCUT2D eigenvalue weighted by atomic mass is 9.93. The van der Waals surface area contributed by atoms with Gasteiger partial charge in [0.1, 0.15) is 17.3 Å². The molecule has 2 aromatic rings. The number of nitrogens with one attached hydrogen (secondary N) is 1. The number of aryl methyl sites for hydroxylation is 2. The van der Waals surface area contributed by atoms with Gasteiger partial charge in [-0.2, -0.15) is 0 Å². The molecule has 1 aromatic carbocycles. The first kappa shape index (κ1) is 23.7. The van der Waals surface area contributed by atoms with Gasteiger partial charge in [0, 0.05) is 18.5 Å². The molecule has 1 aromatic heterocycles. The molecule has 3 rings (SSSR count). The first-order chi connectivity index (χ1) is 15.0. The molecule has 170 valence electrons. The van der Waals surface area contributed by atoms with Crippen LogP contribution in [0.25, 0.3) is 5.70 Å². The van der Waals surface area contributed by atoms with Crippen LogP contribution in [-0.2, 0) is 11.2 Å². The van der Waals surface area contributed by atoms with Gasteiger partial charge in [0.05, 0.1) is 27.5 Å². The summed E-state index contributed by atoms with van der Waals surface area (Å²) in [7, 11) is 0. The van der Waals surface area contributed by atoms with Gasteiger partial charge in [-0.1, -0.05) is 32.6 Å². The highest BCUT2D eigenvalue weighted by Crippen LogP contribution is 2.33. The zero-order chi connectivity index (χ0) is 23.8. The SMILES string of the molecule is C=C1N=C(c2cc(N(C(C)=S)C(C)(C)C(=O)CC)ccc2O)Nn2c(CCC)nc(C)c21. The van der Waals surface area contributed by atoms with Gasteiger partial charge in [0.25, 0.3) is 0 Å². The van der Waals surface area contributed by atoms with E-state index in [2.05, 4.69) is 28.9 Å². The number of anilines is 1. The highest BCUT2D eigenvalue weighted by molar-refractivity contribution is 7.80. The molecule has 0 saturated heterocycles. The number of aliphatic imine (C=N–C) groups is 1. The van der Waals surface area contributed by atoms with Crippen molar-refractivity contribution in [2.75, 3.05) is 10.3 Å². The number of phenols is 1. The fourth-order valence-electron chi connectivity index (χ4n) is 4.18. The van der Waals surface area contributed by atoms with Crippen LogP contribution >= 0.6 is 12.2 Å². The Morgan fingerprint density at radius 1 is 1.34 bits per heavy atom. The fraction of sp³-hybridized carbons (Fsp3) is 0.417. The summed E-state index contributed by atoms with van der Waals surface area (Å²) in [4.78, 5) is 24.3. The van der Waals surface area contributed by atoms with Crippen molar-refractivity contribution in [3.8, 4) is 5.75 Å². The average Bonchev–Trinajstić information content (AvgIpc) is 3.04. The van der Waals surface area contributed by atoms with Crippen molar-refractivity contribution in [3.63, 3.8) is 0 Å². The van der Waals surface area contributed by atoms with Crippen molar-refractivity contribution in [1.82, 2.24) is 9.66 Å². The van der Waals surface area contributed by atoms with Crippen molar-refractivity contribution in [2.45, 2.75) is 66.3 Å². The lowest BCUT2D eigenvalue weighted by molar-refractivity contribution is -0.122. The zero-order valence-electron chi connectivity index (χ0n) is 19.6. The molecule has 0 unspecified atom stereocenters. The van der Waals surface area contributed by atoms with E-state index in [1.54, 1.807) is 25.1 Å². The Morgan fingerprint density at radius 3 is 2.62 bits per heavy atom. The number of carbonyl (C=O) groups excluding carboxylic acids is 1. The maximum Gasteiger partial charge on any atom is 0.157 e. The van der Waals surface area contributed by atoms with Gasteiger partial charge in [0.15, 0.2) is 11.6 Å². The Kier molecular flexibility index (Phi) is 6.55. The van der Waals surface area contributed by atoms with E-state index in [0.717, 1.165) is 30.1 Å². The third-order valence-electron chi connectivity index (χ3n) is 5.70. The van der Waals surface area contributed by atoms with Gasteiger partial charge in [0.2, 0.25) is 0 Å². The summed E-state index contributed by atoms with van der Waals surface area (Å²) in [5.74, 6) is 1.47. The summed E-state index contributed by atoms with van der Waals surface area (Å²) in [6.07, 6.45) is 2.14. The Bertz CT molecular complexity index is 1130. The number of imidazole rings is 1. The lowest BCUT2D eigenvalue weighted by Crippen LogP contribution is -2.52. The monoisotopic (exact) mass is 453 g/mol. The molecule has 32 heavy (non-hydrogen) atoms. The molecule has 2 heterocycles. The number of fused-ring (bicyclic) bond motifs is 1. The number of benzene rings is 1. The van der Waals surface area contributed by atoms with Gasteiger partial charge < -0.3 is 10.0 Å². The third kappa shape index (κ3) is 4.07. The van der Waals surface area contributed by atoms with Crippen LogP contribution in [0.3, 0.4) is 0 Å². The van der Waals surface area contributed by atoms with Gasteiger partial charge in [-0.25, -0.2) is 14.7 Å². The van der Waals surface area contributed by atoms with E-state index in [0.29, 0.717) is 34.2 Å². The number of hydrogen-bond acceptors (Lipinski definition) is 6. The molecule has 0 radical (unpaired) electrons. The molecule has 0 amide bonds. The predicted octanol–water partition coefficient (Wildman–Crippen LogP) is 4.74. The molecule has 0 bridgehead atoms. The van der Waals surface area contributed by atoms with Crippen LogP contribution in [-0.4, -0.2) is 36.9 Å². The van der Waals surface area contributed by atoms with Gasteiger partial charge in [-0.05, 0) is 52.3 Å². The minimum absolute atomic E-state index is 0.0618. The number of phenolic OH excluding ortho intramolecular Hbond substituents is 1. The van der Waals surface area contributed by atoms with Crippen LogP contribution in [0.4, 0.5) is 5.69 Å². The highest BCUT2D eigenvalue weighted by atomic mass is 32.1. The Hall–Kier alpha value is -3.00. The topological polar surface area (TPSA) is 82.8 Å². The molecule has 0 spiro atoms. The summed E-state index contributed by atoms with van der Waals surface area (Å²) >= 11 is 5.51. The van der Waals surface area contributed by atoms with Gasteiger partial charge in [-0.15, -0.1) is 0 Å². The van der Waals surface area contributed by atoms with Crippen LogP contribution in [0.5, 0.6) is 5.75 Å². The fourth-order valence-corrected chi connectivity index (χ4v) is 4.52. The minimum Gasteiger partial charge on any atom is -0.507 e. The molecule has 1 aliphatic heterocycles. The quantitative estimate of drug-likeness (QED) is 0.590. The van der Waals surface area contributed by atoms with E-state index in [4.69, 9.17) is 12.2 Å². The minimum atomic E-state index is -0.830. The van der Waals surface area contributed by atoms with Crippen LogP contribution in [0.2, 0.25) is 0 Å². The van der Waals surface area contributed by atoms with Crippen LogP contribution in [0, 0.1) is 6.92 Å². The number of aromatic nitrogens is 2. The molecule has 0 fully saturated rings. The van der Waals surface area contributed by atoms with E-state index in [9.17, 15) is 9.90 Å². The first-order valence-corrected chi connectivity index (χ1v) is 11.2. The standard InChI is InChI=1S/C24H31N5O2S/c1-8-10-21-25-14(3)22-15(4)26-23(27-29(21)22)18-13-17(11-12-19(18)30)28(16(5)32)24(6,7)20(31)9-2/h11-13,30H,4,8-10H2,1-3,5-7H3,(H,26,27). The largest absolute Gasteiger partial charge is 0.507 e. The first-order valence-electron chi connectivity index (χ1n) is 10.8. The molecule has 0 atom stereocenters. The third-order valence-corrected chi connectivity index (χ3v) is 5.89. The van der Waals surface area contributed by atoms with Gasteiger partial charge >= 0.3 is 0 Å². The average molecular weight is 454 g/mol. The van der Waals surface area contributed by atoms with Crippen molar-refractivity contribution in [3.05, 3.63) is 47.6 Å². The number of ketones is 1.